The van der Waals surface area contributed by atoms with Crippen LogP contribution in [0.1, 0.15) is 15.9 Å². The van der Waals surface area contributed by atoms with Crippen LogP contribution in [0.3, 0.4) is 0 Å². The molecule has 1 atom stereocenters. The van der Waals surface area contributed by atoms with Crippen molar-refractivity contribution in [1.82, 2.24) is 19.4 Å². The molecule has 3 heterocycles. The fourth-order valence-corrected chi connectivity index (χ4v) is 3.61. The number of carbonyl (C=O) groups is 2. The number of methoxy groups -OCH3 is 1. The number of aryl methyl sites for hydroxylation is 2. The molecule has 8 nitrogen and oxygen atoms in total. The molecule has 30 heavy (non-hydrogen) atoms. The van der Waals surface area contributed by atoms with Crippen LogP contribution in [0.5, 0.6) is 0 Å². The van der Waals surface area contributed by atoms with Crippen LogP contribution in [0.25, 0.3) is 11.2 Å². The van der Waals surface area contributed by atoms with E-state index in [2.05, 4.69) is 22.1 Å². The fourth-order valence-electron chi connectivity index (χ4n) is 3.61. The molecule has 1 amide bonds. The van der Waals surface area contributed by atoms with E-state index in [0.717, 1.165) is 18.6 Å². The van der Waals surface area contributed by atoms with E-state index in [-0.39, 0.29) is 25.0 Å². The summed E-state index contributed by atoms with van der Waals surface area (Å²) in [5.41, 5.74) is 3.11. The number of amides is 1. The fraction of sp³-hybridized carbons (Fsp3) is 0.364. The van der Waals surface area contributed by atoms with Gasteiger partial charge in [-0.3, -0.25) is 9.59 Å². The summed E-state index contributed by atoms with van der Waals surface area (Å²) >= 11 is 0. The van der Waals surface area contributed by atoms with E-state index in [1.165, 1.54) is 12.7 Å². The van der Waals surface area contributed by atoms with Crippen molar-refractivity contribution in [2.45, 2.75) is 13.0 Å². The first-order chi connectivity index (χ1) is 14.7. The van der Waals surface area contributed by atoms with Crippen LogP contribution < -0.4 is 0 Å². The number of aromatic nitrogens is 3. The van der Waals surface area contributed by atoms with Crippen LogP contribution in [0.2, 0.25) is 0 Å². The Kier molecular flexibility index (Phi) is 6.04. The molecule has 0 aliphatic carbocycles. The van der Waals surface area contributed by atoms with Crippen molar-refractivity contribution in [2.75, 3.05) is 33.4 Å². The normalized spacial score (nSPS) is 17.0. The minimum absolute atomic E-state index is 0.192. The predicted molar refractivity (Wildman–Crippen MR) is 110 cm³/mol. The van der Waals surface area contributed by atoms with E-state index >= 15 is 0 Å². The van der Waals surface area contributed by atoms with Crippen molar-refractivity contribution in [3.05, 3.63) is 60.0 Å². The highest BCUT2D eigenvalue weighted by molar-refractivity contribution is 5.96. The number of nitrogens with zero attached hydrogens (tertiary/aromatic N) is 4. The molecule has 0 saturated carbocycles. The van der Waals surface area contributed by atoms with Crippen molar-refractivity contribution in [1.29, 1.82) is 0 Å². The van der Waals surface area contributed by atoms with E-state index in [0.29, 0.717) is 24.2 Å². The van der Waals surface area contributed by atoms with E-state index in [1.54, 1.807) is 23.5 Å². The van der Waals surface area contributed by atoms with E-state index in [4.69, 9.17) is 9.47 Å². The van der Waals surface area contributed by atoms with Gasteiger partial charge in [0.2, 0.25) is 0 Å². The number of hydrogen-bond donors (Lipinski definition) is 0. The van der Waals surface area contributed by atoms with E-state index in [1.807, 2.05) is 22.8 Å². The summed E-state index contributed by atoms with van der Waals surface area (Å²) in [4.78, 5) is 35.4. The average Bonchev–Trinajstić information content (AvgIpc) is 3.03. The molecule has 1 aromatic carbocycles. The molecule has 1 aliphatic rings. The van der Waals surface area contributed by atoms with E-state index < -0.39 is 5.92 Å². The largest absolute Gasteiger partial charge is 0.469 e. The van der Waals surface area contributed by atoms with Gasteiger partial charge in [-0.05, 0) is 18.1 Å². The van der Waals surface area contributed by atoms with Gasteiger partial charge in [-0.15, -0.1) is 0 Å². The third kappa shape index (κ3) is 4.33. The lowest BCUT2D eigenvalue weighted by atomic mass is 10.1. The molecule has 0 bridgehead atoms. The first-order valence-electron chi connectivity index (χ1n) is 9.95. The summed E-state index contributed by atoms with van der Waals surface area (Å²) in [6.07, 6.45) is 4.20. The quantitative estimate of drug-likeness (QED) is 0.600. The highest BCUT2D eigenvalue weighted by Crippen LogP contribution is 2.17. The number of rotatable bonds is 5. The maximum absolute atomic E-state index is 13.0. The van der Waals surface area contributed by atoms with Gasteiger partial charge in [0.1, 0.15) is 5.52 Å². The standard InChI is InChI=1S/C22H24N4O4/c1-29-22(28)18-13-25(9-10-30-14-18)21(27)17-11-19-20(23-12-17)26(15-24-19)8-7-16-5-3-2-4-6-16/h2-6,11-12,15,18H,7-10,13-14H2,1H3. The van der Waals surface area contributed by atoms with Gasteiger partial charge >= 0.3 is 5.97 Å². The molecule has 156 valence electrons. The third-order valence-corrected chi connectivity index (χ3v) is 5.27. The average molecular weight is 408 g/mol. The second kappa shape index (κ2) is 9.04. The molecule has 2 aromatic heterocycles. The second-order valence-corrected chi connectivity index (χ2v) is 7.29. The molecule has 0 spiro atoms. The van der Waals surface area contributed by atoms with Gasteiger partial charge in [0.15, 0.2) is 5.65 Å². The topological polar surface area (TPSA) is 86.6 Å². The van der Waals surface area contributed by atoms with Crippen molar-refractivity contribution in [2.24, 2.45) is 5.92 Å². The van der Waals surface area contributed by atoms with Crippen LogP contribution in [0.15, 0.2) is 48.9 Å². The van der Waals surface area contributed by atoms with Crippen LogP contribution in [-0.4, -0.2) is 64.7 Å². The molecule has 3 aromatic rings. The Morgan fingerprint density at radius 1 is 1.23 bits per heavy atom. The molecule has 1 saturated heterocycles. The zero-order valence-electron chi connectivity index (χ0n) is 16.9. The third-order valence-electron chi connectivity index (χ3n) is 5.27. The summed E-state index contributed by atoms with van der Waals surface area (Å²) in [6.45, 7) is 2.05. The van der Waals surface area contributed by atoms with Crippen molar-refractivity contribution < 1.29 is 19.1 Å². The summed E-state index contributed by atoms with van der Waals surface area (Å²) in [7, 11) is 1.34. The van der Waals surface area contributed by atoms with Gasteiger partial charge in [-0.1, -0.05) is 30.3 Å². The van der Waals surface area contributed by atoms with Gasteiger partial charge in [0, 0.05) is 25.8 Å². The maximum Gasteiger partial charge on any atom is 0.312 e. The Morgan fingerprint density at radius 2 is 2.07 bits per heavy atom. The van der Waals surface area contributed by atoms with Crippen LogP contribution >= 0.6 is 0 Å². The first-order valence-corrected chi connectivity index (χ1v) is 9.95. The first kappa shape index (κ1) is 20.0. The predicted octanol–water partition coefficient (Wildman–Crippen LogP) is 1.94. The summed E-state index contributed by atoms with van der Waals surface area (Å²) in [5, 5.41) is 0. The minimum Gasteiger partial charge on any atom is -0.469 e. The molecule has 1 fully saturated rings. The number of pyridine rings is 1. The van der Waals surface area contributed by atoms with Crippen molar-refractivity contribution in [3.8, 4) is 0 Å². The summed E-state index contributed by atoms with van der Waals surface area (Å²) in [6, 6.07) is 12.0. The number of carbonyl (C=O) groups excluding carboxylic acids is 2. The SMILES string of the molecule is COC(=O)C1COCCN(C(=O)c2cnc3c(c2)ncn3CCc2ccccc2)C1. The number of ether oxygens (including phenoxy) is 2. The van der Waals surface area contributed by atoms with Gasteiger partial charge in [-0.2, -0.15) is 0 Å². The lowest BCUT2D eigenvalue weighted by molar-refractivity contribution is -0.147. The lowest BCUT2D eigenvalue weighted by Crippen LogP contribution is -2.38. The van der Waals surface area contributed by atoms with Gasteiger partial charge in [0.25, 0.3) is 5.91 Å². The van der Waals surface area contributed by atoms with Gasteiger partial charge < -0.3 is 18.9 Å². The van der Waals surface area contributed by atoms with Crippen LogP contribution in [0, 0.1) is 5.92 Å². The number of hydrogen-bond acceptors (Lipinski definition) is 6. The Morgan fingerprint density at radius 3 is 2.87 bits per heavy atom. The monoisotopic (exact) mass is 408 g/mol. The molecule has 1 aliphatic heterocycles. The lowest BCUT2D eigenvalue weighted by Gasteiger charge is -2.22. The summed E-state index contributed by atoms with van der Waals surface area (Å²) in [5.74, 6) is -1.06. The Balaban J connectivity index is 1.49. The molecular weight excluding hydrogens is 384 g/mol. The molecule has 0 radical (unpaired) electrons. The molecule has 0 N–H and O–H groups in total. The Hall–Kier alpha value is -3.26. The van der Waals surface area contributed by atoms with Crippen molar-refractivity contribution in [3.63, 3.8) is 0 Å². The number of benzene rings is 1. The van der Waals surface area contributed by atoms with Crippen LogP contribution in [0.4, 0.5) is 0 Å². The number of esters is 1. The highest BCUT2D eigenvalue weighted by Gasteiger charge is 2.29. The van der Waals surface area contributed by atoms with E-state index in [9.17, 15) is 9.59 Å². The van der Waals surface area contributed by atoms with Gasteiger partial charge in [-0.25, -0.2) is 9.97 Å². The number of fused-ring (bicyclic) bond motifs is 1. The highest BCUT2D eigenvalue weighted by atomic mass is 16.5. The second-order valence-electron chi connectivity index (χ2n) is 7.29. The maximum atomic E-state index is 13.0. The zero-order valence-corrected chi connectivity index (χ0v) is 16.9. The van der Waals surface area contributed by atoms with Crippen LogP contribution in [-0.2, 0) is 27.2 Å². The molecule has 1 unspecified atom stereocenters. The van der Waals surface area contributed by atoms with Gasteiger partial charge in [0.05, 0.1) is 38.1 Å². The Bertz CT molecular complexity index is 1030. The molecule has 8 heteroatoms. The molecule has 4 rings (SSSR count). The zero-order chi connectivity index (χ0) is 20.9. The minimum atomic E-state index is -0.490. The molecular formula is C22H24N4O4. The Labute approximate surface area is 174 Å². The smallest absolute Gasteiger partial charge is 0.312 e. The van der Waals surface area contributed by atoms with Crippen molar-refractivity contribution >= 4 is 23.0 Å². The summed E-state index contributed by atoms with van der Waals surface area (Å²) < 4.78 is 12.3. The number of imidazole rings is 1.